The van der Waals surface area contributed by atoms with Crippen molar-refractivity contribution < 1.29 is 0 Å². The third-order valence-electron chi connectivity index (χ3n) is 19.2. The minimum Gasteiger partial charge on any atom is -0.311 e. The molecule has 0 N–H and O–H groups in total. The van der Waals surface area contributed by atoms with Crippen LogP contribution in [0.4, 0.5) is 34.1 Å². The lowest BCUT2D eigenvalue weighted by molar-refractivity contribution is 0.332. The van der Waals surface area contributed by atoms with Gasteiger partial charge in [-0.3, -0.25) is 0 Å². The molecular weight excluding hydrogens is 904 g/mol. The zero-order chi connectivity index (χ0) is 53.7. The Labute approximate surface area is 453 Å². The van der Waals surface area contributed by atoms with Crippen molar-refractivity contribution in [2.45, 2.75) is 194 Å². The highest BCUT2D eigenvalue weighted by molar-refractivity contribution is 7.00. The summed E-state index contributed by atoms with van der Waals surface area (Å²) in [5.74, 6) is 0.296. The van der Waals surface area contributed by atoms with E-state index < -0.39 is 0 Å². The van der Waals surface area contributed by atoms with Crippen LogP contribution in [-0.2, 0) is 37.9 Å². The molecule has 0 amide bonds. The molecule has 2 aliphatic heterocycles. The van der Waals surface area contributed by atoms with Crippen LogP contribution < -0.4 is 26.2 Å². The van der Waals surface area contributed by atoms with E-state index in [9.17, 15) is 0 Å². The molecule has 0 unspecified atom stereocenters. The third-order valence-corrected chi connectivity index (χ3v) is 19.2. The fourth-order valence-corrected chi connectivity index (χ4v) is 13.7. The van der Waals surface area contributed by atoms with E-state index in [1.807, 2.05) is 0 Å². The van der Waals surface area contributed by atoms with Crippen molar-refractivity contribution in [2.75, 3.05) is 9.80 Å². The van der Waals surface area contributed by atoms with Crippen LogP contribution in [0.25, 0.3) is 11.1 Å². The number of nitrogens with zero attached hydrogens (tertiary/aromatic N) is 2. The smallest absolute Gasteiger partial charge is 0.252 e. The van der Waals surface area contributed by atoms with Gasteiger partial charge in [-0.2, -0.15) is 0 Å². The molecule has 0 atom stereocenters. The lowest BCUT2D eigenvalue weighted by Gasteiger charge is -2.48. The SMILES string of the molecule is CC(C)c1cc2c3c(c1)N(c1ccc(C(C)(C)C)cc1-c1ccc(C(C)(C)C)cc1)c1ccc(C(C)(C)c4ccccc4)cc1B3c1cc3c(cc1N2c1ccc2c(c1)C(C)(C)CCC2(C)C)C(C)(C)CCC3(C)C. The van der Waals surface area contributed by atoms with Crippen LogP contribution in [0.15, 0.2) is 133 Å². The van der Waals surface area contributed by atoms with Gasteiger partial charge >= 0.3 is 0 Å². The van der Waals surface area contributed by atoms with Crippen LogP contribution in [0.5, 0.6) is 0 Å². The molecule has 0 saturated heterocycles. The number of rotatable bonds is 6. The summed E-state index contributed by atoms with van der Waals surface area (Å²) >= 11 is 0. The first-order valence-electron chi connectivity index (χ1n) is 28.6. The molecule has 0 aromatic heterocycles. The average Bonchev–Trinajstić information content (AvgIpc) is 3.37. The van der Waals surface area contributed by atoms with Gasteiger partial charge in [-0.25, -0.2) is 0 Å². The maximum absolute atomic E-state index is 2.74. The zero-order valence-corrected chi connectivity index (χ0v) is 49.1. The summed E-state index contributed by atoms with van der Waals surface area (Å²) in [4.78, 5) is 5.44. The van der Waals surface area contributed by atoms with Crippen LogP contribution in [0.3, 0.4) is 0 Å². The number of fused-ring (bicyclic) bond motifs is 6. The van der Waals surface area contributed by atoms with E-state index in [0.29, 0.717) is 5.92 Å². The van der Waals surface area contributed by atoms with Crippen molar-refractivity contribution >= 4 is 57.2 Å². The molecule has 0 spiro atoms. The molecule has 0 radical (unpaired) electrons. The molecule has 11 rings (SSSR count). The molecule has 0 fully saturated rings. The summed E-state index contributed by atoms with van der Waals surface area (Å²) in [7, 11) is 0. The van der Waals surface area contributed by atoms with Crippen LogP contribution in [-0.4, -0.2) is 6.71 Å². The van der Waals surface area contributed by atoms with Gasteiger partial charge in [-0.1, -0.05) is 210 Å². The predicted molar refractivity (Wildman–Crippen MR) is 327 cm³/mol. The molecule has 0 saturated carbocycles. The molecule has 386 valence electrons. The third kappa shape index (κ3) is 8.35. The molecular formula is C72H85BN2. The number of benzene rings is 7. The second-order valence-electron chi connectivity index (χ2n) is 29.0. The summed E-state index contributed by atoms with van der Waals surface area (Å²) in [5.41, 5.74) is 27.1. The molecule has 2 aliphatic carbocycles. The van der Waals surface area contributed by atoms with Gasteiger partial charge in [0, 0.05) is 39.4 Å². The Hall–Kier alpha value is -5.80. The molecule has 75 heavy (non-hydrogen) atoms. The normalized spacial score (nSPS) is 18.0. The Morgan fingerprint density at radius 2 is 0.920 bits per heavy atom. The first-order chi connectivity index (χ1) is 35.0. The first kappa shape index (κ1) is 51.3. The Morgan fingerprint density at radius 1 is 0.413 bits per heavy atom. The van der Waals surface area contributed by atoms with E-state index in [2.05, 4.69) is 268 Å². The fraction of sp³-hybridized carbons (Fsp3) is 0.417. The van der Waals surface area contributed by atoms with Crippen molar-refractivity contribution in [2.24, 2.45) is 0 Å². The summed E-state index contributed by atoms with van der Waals surface area (Å²) in [5, 5.41) is 0. The Morgan fingerprint density at radius 3 is 1.51 bits per heavy atom. The quantitative estimate of drug-likeness (QED) is 0.153. The van der Waals surface area contributed by atoms with E-state index in [1.165, 1.54) is 137 Å². The highest BCUT2D eigenvalue weighted by Crippen LogP contribution is 2.54. The maximum Gasteiger partial charge on any atom is 0.252 e. The van der Waals surface area contributed by atoms with Gasteiger partial charge in [0.05, 0.1) is 5.69 Å². The van der Waals surface area contributed by atoms with Crippen molar-refractivity contribution in [1.82, 2.24) is 0 Å². The van der Waals surface area contributed by atoms with Gasteiger partial charge in [0.15, 0.2) is 0 Å². The largest absolute Gasteiger partial charge is 0.311 e. The first-order valence-corrected chi connectivity index (χ1v) is 28.6. The molecule has 7 aromatic carbocycles. The lowest BCUT2D eigenvalue weighted by atomic mass is 9.32. The average molecular weight is 989 g/mol. The molecule has 4 aliphatic rings. The topological polar surface area (TPSA) is 6.48 Å². The molecule has 3 heteroatoms. The molecule has 2 heterocycles. The Bertz CT molecular complexity index is 3400. The minimum atomic E-state index is -0.241. The van der Waals surface area contributed by atoms with Crippen LogP contribution >= 0.6 is 0 Å². The van der Waals surface area contributed by atoms with E-state index in [-0.39, 0.29) is 44.6 Å². The van der Waals surface area contributed by atoms with E-state index in [1.54, 1.807) is 0 Å². The van der Waals surface area contributed by atoms with Crippen LogP contribution in [0.2, 0.25) is 0 Å². The van der Waals surface area contributed by atoms with Gasteiger partial charge in [0.1, 0.15) is 0 Å². The monoisotopic (exact) mass is 989 g/mol. The predicted octanol–water partition coefficient (Wildman–Crippen LogP) is 18.2. The second-order valence-corrected chi connectivity index (χ2v) is 29.0. The fourth-order valence-electron chi connectivity index (χ4n) is 13.7. The maximum atomic E-state index is 2.74. The summed E-state index contributed by atoms with van der Waals surface area (Å²) in [6.45, 7) is 43.5. The standard InChI is InChI=1S/C72H85BN2/c1-45(2)47-38-63-65-64(39-47)75(60-32-28-50(67(6,7)8)40-53(60)46-24-26-48(27-25-46)66(3,4)5)61-33-29-51(72(17,18)49-22-20-19-21-23-49)41-58(61)73(65)59-43-56-57(71(15,16)37-36-70(56,13)14)44-62(59)74(63)52-30-31-54-55(42-52)69(11,12)35-34-68(54,9)10/h19-33,38-45H,34-37H2,1-18H3. The van der Waals surface area contributed by atoms with E-state index >= 15 is 0 Å². The van der Waals surface area contributed by atoms with Gasteiger partial charge in [0.25, 0.3) is 6.71 Å². The van der Waals surface area contributed by atoms with Crippen molar-refractivity contribution in [3.63, 3.8) is 0 Å². The van der Waals surface area contributed by atoms with E-state index in [0.717, 1.165) is 0 Å². The Balaban J connectivity index is 1.28. The second kappa shape index (κ2) is 17.1. The van der Waals surface area contributed by atoms with Gasteiger partial charge < -0.3 is 9.80 Å². The van der Waals surface area contributed by atoms with Crippen LogP contribution in [0.1, 0.15) is 206 Å². The van der Waals surface area contributed by atoms with Crippen molar-refractivity contribution in [3.05, 3.63) is 184 Å². The minimum absolute atomic E-state index is 0.0113. The zero-order valence-electron chi connectivity index (χ0n) is 49.1. The summed E-state index contributed by atoms with van der Waals surface area (Å²) < 4.78 is 0. The summed E-state index contributed by atoms with van der Waals surface area (Å²) in [6, 6.07) is 53.8. The Kier molecular flexibility index (Phi) is 11.7. The highest BCUT2D eigenvalue weighted by atomic mass is 15.2. The lowest BCUT2D eigenvalue weighted by Crippen LogP contribution is -2.62. The molecule has 7 aromatic rings. The van der Waals surface area contributed by atoms with E-state index in [4.69, 9.17) is 0 Å². The number of hydrogen-bond donors (Lipinski definition) is 0. The number of anilines is 6. The van der Waals surface area contributed by atoms with Gasteiger partial charge in [0.2, 0.25) is 0 Å². The van der Waals surface area contributed by atoms with Gasteiger partial charge in [-0.05, 0) is 185 Å². The van der Waals surface area contributed by atoms with Crippen molar-refractivity contribution in [1.29, 1.82) is 0 Å². The molecule has 0 bridgehead atoms. The van der Waals surface area contributed by atoms with Gasteiger partial charge in [-0.15, -0.1) is 0 Å². The van der Waals surface area contributed by atoms with Crippen LogP contribution in [0, 0.1) is 0 Å². The number of hydrogen-bond acceptors (Lipinski definition) is 2. The molecule has 2 nitrogen and oxygen atoms in total. The van der Waals surface area contributed by atoms with Crippen molar-refractivity contribution in [3.8, 4) is 11.1 Å². The highest BCUT2D eigenvalue weighted by Gasteiger charge is 2.48. The summed E-state index contributed by atoms with van der Waals surface area (Å²) in [6.07, 6.45) is 4.70.